The Bertz CT molecular complexity index is 1040. The lowest BCUT2D eigenvalue weighted by Crippen LogP contribution is -2.34. The molecule has 3 aromatic rings. The summed E-state index contributed by atoms with van der Waals surface area (Å²) in [7, 11) is 0. The second-order valence-corrected chi connectivity index (χ2v) is 6.61. The molecule has 7 nitrogen and oxygen atoms in total. The number of nitrogens with one attached hydrogen (secondary N) is 1. The van der Waals surface area contributed by atoms with E-state index in [1.807, 2.05) is 26.0 Å². The molecule has 3 heterocycles. The van der Waals surface area contributed by atoms with Crippen molar-refractivity contribution in [2.45, 2.75) is 32.7 Å². The summed E-state index contributed by atoms with van der Waals surface area (Å²) >= 11 is 0. The SMILES string of the molecule is Cc1cc([C@H]2CCCN2C(=O)Nc2ccc3c(C)cc(=O)oc3c2)on1. The molecule has 1 aromatic carbocycles. The predicted octanol–water partition coefficient (Wildman–Crippen LogP) is 3.77. The van der Waals surface area contributed by atoms with Crippen LogP contribution in [0.4, 0.5) is 10.5 Å². The first kappa shape index (κ1) is 16.4. The Morgan fingerprint density at radius 2 is 2.12 bits per heavy atom. The molecule has 0 bridgehead atoms. The Labute approximate surface area is 149 Å². The van der Waals surface area contributed by atoms with Crippen molar-refractivity contribution in [1.82, 2.24) is 10.1 Å². The molecule has 1 fully saturated rings. The standard InChI is InChI=1S/C19H19N3O4/c1-11-8-18(23)25-16-10-13(5-6-14(11)16)20-19(24)22-7-3-4-15(22)17-9-12(2)21-26-17/h5-6,8-10,15H,3-4,7H2,1-2H3,(H,20,24)/t15-/m1/s1. The van der Waals surface area contributed by atoms with E-state index in [1.54, 1.807) is 17.0 Å². The van der Waals surface area contributed by atoms with Gasteiger partial charge < -0.3 is 19.2 Å². The van der Waals surface area contributed by atoms with Crippen LogP contribution in [0.3, 0.4) is 0 Å². The van der Waals surface area contributed by atoms with E-state index in [0.717, 1.165) is 29.5 Å². The number of carbonyl (C=O) groups is 1. The summed E-state index contributed by atoms with van der Waals surface area (Å²) in [6.07, 6.45) is 1.75. The molecule has 2 aromatic heterocycles. The lowest BCUT2D eigenvalue weighted by atomic mass is 10.1. The van der Waals surface area contributed by atoms with Gasteiger partial charge in [-0.3, -0.25) is 0 Å². The van der Waals surface area contributed by atoms with E-state index in [9.17, 15) is 9.59 Å². The molecular weight excluding hydrogens is 334 g/mol. The number of hydrogen-bond donors (Lipinski definition) is 1. The third-order valence-corrected chi connectivity index (χ3v) is 4.69. The van der Waals surface area contributed by atoms with E-state index < -0.39 is 5.63 Å². The summed E-state index contributed by atoms with van der Waals surface area (Å²) in [6.45, 7) is 4.36. The number of benzene rings is 1. The summed E-state index contributed by atoms with van der Waals surface area (Å²) in [5.41, 5.74) is 2.27. The molecule has 1 atom stereocenters. The molecule has 1 aliphatic heterocycles. The van der Waals surface area contributed by atoms with Crippen LogP contribution in [0.1, 0.15) is 35.9 Å². The van der Waals surface area contributed by atoms with Crippen LogP contribution in [0.15, 0.2) is 44.1 Å². The zero-order valence-electron chi connectivity index (χ0n) is 14.6. The number of amides is 2. The van der Waals surface area contributed by atoms with Gasteiger partial charge in [0.25, 0.3) is 0 Å². The fraction of sp³-hybridized carbons (Fsp3) is 0.316. The largest absolute Gasteiger partial charge is 0.423 e. The molecule has 0 unspecified atom stereocenters. The Kier molecular flexibility index (Phi) is 3.99. The number of aryl methyl sites for hydroxylation is 2. The first-order valence-electron chi connectivity index (χ1n) is 8.56. The number of urea groups is 1. The topological polar surface area (TPSA) is 88.6 Å². The summed E-state index contributed by atoms with van der Waals surface area (Å²) in [5.74, 6) is 0.704. The highest BCUT2D eigenvalue weighted by Crippen LogP contribution is 2.33. The van der Waals surface area contributed by atoms with Crippen LogP contribution in [0.5, 0.6) is 0 Å². The molecule has 1 saturated heterocycles. The molecular formula is C19H19N3O4. The molecule has 0 radical (unpaired) electrons. The smallest absolute Gasteiger partial charge is 0.336 e. The number of rotatable bonds is 2. The lowest BCUT2D eigenvalue weighted by molar-refractivity contribution is 0.195. The summed E-state index contributed by atoms with van der Waals surface area (Å²) < 4.78 is 10.6. The highest BCUT2D eigenvalue weighted by Gasteiger charge is 2.32. The van der Waals surface area contributed by atoms with Crippen LogP contribution < -0.4 is 10.9 Å². The Morgan fingerprint density at radius 3 is 2.88 bits per heavy atom. The Balaban J connectivity index is 1.57. The lowest BCUT2D eigenvalue weighted by Gasteiger charge is -2.23. The van der Waals surface area contributed by atoms with Crippen molar-refractivity contribution in [2.24, 2.45) is 0 Å². The predicted molar refractivity (Wildman–Crippen MR) is 96.2 cm³/mol. The second kappa shape index (κ2) is 6.33. The maximum atomic E-state index is 12.7. The van der Waals surface area contributed by atoms with Crippen molar-refractivity contribution in [3.63, 3.8) is 0 Å². The van der Waals surface area contributed by atoms with Crippen molar-refractivity contribution in [3.05, 3.63) is 57.8 Å². The van der Waals surface area contributed by atoms with Gasteiger partial charge in [0.1, 0.15) is 5.58 Å². The molecule has 7 heteroatoms. The van der Waals surface area contributed by atoms with Crippen LogP contribution in [0, 0.1) is 13.8 Å². The first-order chi connectivity index (χ1) is 12.5. The van der Waals surface area contributed by atoms with Gasteiger partial charge in [-0.05, 0) is 44.4 Å². The zero-order chi connectivity index (χ0) is 18.3. The van der Waals surface area contributed by atoms with E-state index in [-0.39, 0.29) is 12.1 Å². The molecule has 1 aliphatic rings. The van der Waals surface area contributed by atoms with Crippen LogP contribution in [0.25, 0.3) is 11.0 Å². The number of nitrogens with zero attached hydrogens (tertiary/aromatic N) is 2. The number of anilines is 1. The van der Waals surface area contributed by atoms with Gasteiger partial charge in [0.2, 0.25) is 0 Å². The maximum Gasteiger partial charge on any atom is 0.336 e. The van der Waals surface area contributed by atoms with Crippen LogP contribution in [-0.4, -0.2) is 22.6 Å². The minimum Gasteiger partial charge on any atom is -0.423 e. The fourth-order valence-electron chi connectivity index (χ4n) is 3.44. The minimum atomic E-state index is -0.404. The molecule has 134 valence electrons. The van der Waals surface area contributed by atoms with Gasteiger partial charge in [0.05, 0.1) is 11.7 Å². The van der Waals surface area contributed by atoms with Crippen molar-refractivity contribution in [2.75, 3.05) is 11.9 Å². The van der Waals surface area contributed by atoms with E-state index >= 15 is 0 Å². The quantitative estimate of drug-likeness (QED) is 0.709. The average Bonchev–Trinajstić information content (AvgIpc) is 3.22. The molecule has 0 aliphatic carbocycles. The summed E-state index contributed by atoms with van der Waals surface area (Å²) in [4.78, 5) is 26.1. The fourth-order valence-corrected chi connectivity index (χ4v) is 3.44. The van der Waals surface area contributed by atoms with E-state index in [4.69, 9.17) is 8.94 Å². The molecule has 26 heavy (non-hydrogen) atoms. The van der Waals surface area contributed by atoms with Gasteiger partial charge in [-0.25, -0.2) is 9.59 Å². The van der Waals surface area contributed by atoms with Gasteiger partial charge in [0.15, 0.2) is 5.76 Å². The molecule has 0 spiro atoms. The van der Waals surface area contributed by atoms with Gasteiger partial charge in [-0.15, -0.1) is 0 Å². The van der Waals surface area contributed by atoms with Crippen LogP contribution in [-0.2, 0) is 0 Å². The van der Waals surface area contributed by atoms with Gasteiger partial charge >= 0.3 is 11.7 Å². The number of fused-ring (bicyclic) bond motifs is 1. The molecule has 1 N–H and O–H groups in total. The number of aromatic nitrogens is 1. The average molecular weight is 353 g/mol. The van der Waals surface area contributed by atoms with E-state index in [0.29, 0.717) is 23.6 Å². The van der Waals surface area contributed by atoms with Gasteiger partial charge in [0, 0.05) is 35.8 Å². The number of likely N-dealkylation sites (tertiary alicyclic amines) is 1. The van der Waals surface area contributed by atoms with E-state index in [1.165, 1.54) is 6.07 Å². The Hall–Kier alpha value is -3.09. The first-order valence-corrected chi connectivity index (χ1v) is 8.56. The number of carbonyl (C=O) groups excluding carboxylic acids is 1. The third kappa shape index (κ3) is 2.96. The summed E-state index contributed by atoms with van der Waals surface area (Å²) in [5, 5.41) is 7.64. The molecule has 2 amide bonds. The third-order valence-electron chi connectivity index (χ3n) is 4.69. The van der Waals surface area contributed by atoms with Crippen LogP contribution in [0.2, 0.25) is 0 Å². The monoisotopic (exact) mass is 353 g/mol. The Morgan fingerprint density at radius 1 is 1.27 bits per heavy atom. The van der Waals surface area contributed by atoms with Crippen molar-refractivity contribution >= 4 is 22.7 Å². The van der Waals surface area contributed by atoms with E-state index in [2.05, 4.69) is 10.5 Å². The molecule has 4 rings (SSSR count). The number of hydrogen-bond acceptors (Lipinski definition) is 5. The highest BCUT2D eigenvalue weighted by molar-refractivity contribution is 5.93. The van der Waals surface area contributed by atoms with Crippen molar-refractivity contribution < 1.29 is 13.7 Å². The van der Waals surface area contributed by atoms with Crippen molar-refractivity contribution in [1.29, 1.82) is 0 Å². The normalized spacial score (nSPS) is 17.0. The summed E-state index contributed by atoms with van der Waals surface area (Å²) in [6, 6.07) is 8.30. The molecule has 0 saturated carbocycles. The zero-order valence-corrected chi connectivity index (χ0v) is 14.6. The van der Waals surface area contributed by atoms with Crippen molar-refractivity contribution in [3.8, 4) is 0 Å². The minimum absolute atomic E-state index is 0.114. The van der Waals surface area contributed by atoms with Crippen LogP contribution >= 0.6 is 0 Å². The maximum absolute atomic E-state index is 12.7. The second-order valence-electron chi connectivity index (χ2n) is 6.61. The highest BCUT2D eigenvalue weighted by atomic mass is 16.5. The van der Waals surface area contributed by atoms with Gasteiger partial charge in [-0.2, -0.15) is 0 Å². The van der Waals surface area contributed by atoms with Gasteiger partial charge in [-0.1, -0.05) is 5.16 Å².